The maximum atomic E-state index is 14.3. The highest BCUT2D eigenvalue weighted by atomic mass is 19.1. The first-order valence-electron chi connectivity index (χ1n) is 7.98. The van der Waals surface area contributed by atoms with E-state index in [1.165, 1.54) is 18.4 Å². The smallest absolute Gasteiger partial charge is 0.132 e. The highest BCUT2D eigenvalue weighted by Crippen LogP contribution is 2.23. The highest BCUT2D eigenvalue weighted by Gasteiger charge is 2.07. The maximum absolute atomic E-state index is 14.3. The first-order chi connectivity index (χ1) is 10.2. The second kappa shape index (κ2) is 7.92. The van der Waals surface area contributed by atoms with Gasteiger partial charge in [0.1, 0.15) is 5.82 Å². The molecule has 0 radical (unpaired) electrons. The zero-order chi connectivity index (χ0) is 15.1. The van der Waals surface area contributed by atoms with Gasteiger partial charge in [0.25, 0.3) is 0 Å². The standard InChI is InChI=1S/C19H24FN/c1-3-5-6-8-15-9-11-17(18(20)13-15)19-12-10-16(7-4-2)14-21-19/h9-14H,3-8H2,1-2H3. The fourth-order valence-corrected chi connectivity index (χ4v) is 2.52. The molecule has 0 saturated carbocycles. The second-order valence-electron chi connectivity index (χ2n) is 5.57. The summed E-state index contributed by atoms with van der Waals surface area (Å²) < 4.78 is 14.3. The summed E-state index contributed by atoms with van der Waals surface area (Å²) in [7, 11) is 0. The van der Waals surface area contributed by atoms with Crippen LogP contribution in [0.15, 0.2) is 36.5 Å². The van der Waals surface area contributed by atoms with E-state index in [1.807, 2.05) is 30.5 Å². The van der Waals surface area contributed by atoms with Crippen molar-refractivity contribution >= 4 is 0 Å². The number of aromatic nitrogens is 1. The summed E-state index contributed by atoms with van der Waals surface area (Å²) >= 11 is 0. The van der Waals surface area contributed by atoms with Crippen molar-refractivity contribution in [2.45, 2.75) is 52.4 Å². The van der Waals surface area contributed by atoms with Gasteiger partial charge in [-0.15, -0.1) is 0 Å². The van der Waals surface area contributed by atoms with Crippen LogP contribution in [0.4, 0.5) is 4.39 Å². The van der Waals surface area contributed by atoms with Gasteiger partial charge in [0.15, 0.2) is 0 Å². The molecule has 1 heterocycles. The lowest BCUT2D eigenvalue weighted by molar-refractivity contribution is 0.626. The third-order valence-corrected chi connectivity index (χ3v) is 3.74. The predicted octanol–water partition coefficient (Wildman–Crippen LogP) is 5.57. The number of nitrogens with zero attached hydrogens (tertiary/aromatic N) is 1. The molecule has 0 N–H and O–H groups in total. The van der Waals surface area contributed by atoms with Gasteiger partial charge in [-0.2, -0.15) is 0 Å². The number of rotatable bonds is 7. The van der Waals surface area contributed by atoms with Gasteiger partial charge >= 0.3 is 0 Å². The largest absolute Gasteiger partial charge is 0.256 e. The molecule has 0 amide bonds. The molecule has 0 unspecified atom stereocenters. The van der Waals surface area contributed by atoms with Crippen LogP contribution in [0.5, 0.6) is 0 Å². The summed E-state index contributed by atoms with van der Waals surface area (Å²) in [6.45, 7) is 4.32. The average Bonchev–Trinajstić information content (AvgIpc) is 2.49. The van der Waals surface area contributed by atoms with Gasteiger partial charge in [-0.3, -0.25) is 4.98 Å². The number of unbranched alkanes of at least 4 members (excludes halogenated alkanes) is 2. The fraction of sp³-hybridized carbons (Fsp3) is 0.421. The van der Waals surface area contributed by atoms with Crippen molar-refractivity contribution in [1.29, 1.82) is 0 Å². The summed E-state index contributed by atoms with van der Waals surface area (Å²) in [6.07, 6.45) is 8.44. The average molecular weight is 285 g/mol. The zero-order valence-corrected chi connectivity index (χ0v) is 13.0. The molecule has 1 aromatic carbocycles. The van der Waals surface area contributed by atoms with Crippen LogP contribution in [0, 0.1) is 5.82 Å². The third kappa shape index (κ3) is 4.38. The van der Waals surface area contributed by atoms with Crippen molar-refractivity contribution in [2.75, 3.05) is 0 Å². The van der Waals surface area contributed by atoms with Crippen LogP contribution in [0.1, 0.15) is 50.7 Å². The molecular formula is C19H24FN. The Kier molecular flexibility index (Phi) is 5.91. The minimum atomic E-state index is -0.167. The molecule has 0 atom stereocenters. The Bertz CT molecular complexity index is 560. The van der Waals surface area contributed by atoms with Crippen LogP contribution in [0.2, 0.25) is 0 Å². The number of aryl methyl sites for hydroxylation is 2. The van der Waals surface area contributed by atoms with Crippen molar-refractivity contribution in [2.24, 2.45) is 0 Å². The molecule has 0 fully saturated rings. The van der Waals surface area contributed by atoms with E-state index in [0.717, 1.165) is 31.2 Å². The molecule has 2 heteroatoms. The quantitative estimate of drug-likeness (QED) is 0.606. The Morgan fingerprint density at radius 3 is 2.33 bits per heavy atom. The lowest BCUT2D eigenvalue weighted by Gasteiger charge is -2.07. The maximum Gasteiger partial charge on any atom is 0.132 e. The van der Waals surface area contributed by atoms with Gasteiger partial charge in [-0.25, -0.2) is 4.39 Å². The zero-order valence-electron chi connectivity index (χ0n) is 13.0. The van der Waals surface area contributed by atoms with E-state index in [2.05, 4.69) is 18.8 Å². The van der Waals surface area contributed by atoms with Gasteiger partial charge < -0.3 is 0 Å². The van der Waals surface area contributed by atoms with E-state index >= 15 is 0 Å². The van der Waals surface area contributed by atoms with Crippen LogP contribution in [0.3, 0.4) is 0 Å². The van der Waals surface area contributed by atoms with Crippen LogP contribution >= 0.6 is 0 Å². The van der Waals surface area contributed by atoms with E-state index in [-0.39, 0.29) is 5.82 Å². The Hall–Kier alpha value is -1.70. The Morgan fingerprint density at radius 1 is 0.905 bits per heavy atom. The van der Waals surface area contributed by atoms with E-state index in [9.17, 15) is 4.39 Å². The number of halogens is 1. The van der Waals surface area contributed by atoms with Crippen LogP contribution in [0.25, 0.3) is 11.3 Å². The van der Waals surface area contributed by atoms with Gasteiger partial charge in [-0.1, -0.05) is 45.2 Å². The normalized spacial score (nSPS) is 10.8. The van der Waals surface area contributed by atoms with Gasteiger partial charge in [0.2, 0.25) is 0 Å². The molecule has 0 bridgehead atoms. The van der Waals surface area contributed by atoms with Gasteiger partial charge in [0, 0.05) is 11.8 Å². The van der Waals surface area contributed by atoms with Crippen LogP contribution in [-0.2, 0) is 12.8 Å². The van der Waals surface area contributed by atoms with Crippen LogP contribution in [-0.4, -0.2) is 4.98 Å². The fourth-order valence-electron chi connectivity index (χ4n) is 2.52. The molecular weight excluding hydrogens is 261 g/mol. The minimum absolute atomic E-state index is 0.167. The van der Waals surface area contributed by atoms with Crippen molar-refractivity contribution in [3.63, 3.8) is 0 Å². The lowest BCUT2D eigenvalue weighted by atomic mass is 10.0. The first-order valence-corrected chi connectivity index (χ1v) is 7.98. The van der Waals surface area contributed by atoms with Crippen molar-refractivity contribution in [3.8, 4) is 11.3 Å². The molecule has 1 aromatic heterocycles. The van der Waals surface area contributed by atoms with Gasteiger partial charge in [-0.05, 0) is 48.6 Å². The summed E-state index contributed by atoms with van der Waals surface area (Å²) in [5, 5.41) is 0. The molecule has 0 aliphatic heterocycles. The second-order valence-corrected chi connectivity index (χ2v) is 5.57. The summed E-state index contributed by atoms with van der Waals surface area (Å²) in [4.78, 5) is 4.39. The number of hydrogen-bond donors (Lipinski definition) is 0. The van der Waals surface area contributed by atoms with Gasteiger partial charge in [0.05, 0.1) is 5.69 Å². The molecule has 0 saturated heterocycles. The number of pyridine rings is 1. The monoisotopic (exact) mass is 285 g/mol. The molecule has 2 aromatic rings. The SMILES string of the molecule is CCCCCc1ccc(-c2ccc(CCC)cn2)c(F)c1. The Labute approximate surface area is 127 Å². The predicted molar refractivity (Wildman–Crippen MR) is 86.9 cm³/mol. The minimum Gasteiger partial charge on any atom is -0.256 e. The lowest BCUT2D eigenvalue weighted by Crippen LogP contribution is -1.93. The van der Waals surface area contributed by atoms with Crippen molar-refractivity contribution in [1.82, 2.24) is 4.98 Å². The van der Waals surface area contributed by atoms with Crippen molar-refractivity contribution in [3.05, 3.63) is 53.5 Å². The number of hydrogen-bond acceptors (Lipinski definition) is 1. The summed E-state index contributed by atoms with van der Waals surface area (Å²) in [6, 6.07) is 9.50. The Morgan fingerprint density at radius 2 is 1.71 bits per heavy atom. The molecule has 21 heavy (non-hydrogen) atoms. The topological polar surface area (TPSA) is 12.9 Å². The van der Waals surface area contributed by atoms with E-state index in [4.69, 9.17) is 0 Å². The molecule has 112 valence electrons. The highest BCUT2D eigenvalue weighted by molar-refractivity contribution is 5.60. The van der Waals surface area contributed by atoms with E-state index in [0.29, 0.717) is 11.3 Å². The van der Waals surface area contributed by atoms with Crippen LogP contribution < -0.4 is 0 Å². The number of benzene rings is 1. The molecule has 0 aliphatic rings. The molecule has 0 spiro atoms. The van der Waals surface area contributed by atoms with E-state index < -0.39 is 0 Å². The first kappa shape index (κ1) is 15.7. The van der Waals surface area contributed by atoms with Crippen molar-refractivity contribution < 1.29 is 4.39 Å². The summed E-state index contributed by atoms with van der Waals surface area (Å²) in [5.41, 5.74) is 3.59. The summed E-state index contributed by atoms with van der Waals surface area (Å²) in [5.74, 6) is -0.167. The Balaban J connectivity index is 2.12. The molecule has 1 nitrogen and oxygen atoms in total. The third-order valence-electron chi connectivity index (χ3n) is 3.74. The molecule has 2 rings (SSSR count). The molecule has 0 aliphatic carbocycles. The van der Waals surface area contributed by atoms with E-state index in [1.54, 1.807) is 6.07 Å².